The molecule has 4 saturated heterocycles. The highest BCUT2D eigenvalue weighted by atomic mass is 32.2. The van der Waals surface area contributed by atoms with E-state index in [-0.39, 0.29) is 68.6 Å². The number of carbonyl (C=O) groups excluding carboxylic acids is 1. The Morgan fingerprint density at radius 2 is 1.84 bits per heavy atom. The summed E-state index contributed by atoms with van der Waals surface area (Å²) < 4.78 is 46.4. The third-order valence-electron chi connectivity index (χ3n) is 7.50. The first kappa shape index (κ1) is 22.0. The van der Waals surface area contributed by atoms with Crippen LogP contribution in [0.3, 0.4) is 0 Å². The molecule has 0 aromatic rings. The average molecular weight is 487 g/mol. The Morgan fingerprint density at radius 3 is 2.48 bits per heavy atom. The lowest BCUT2D eigenvalue weighted by atomic mass is 9.76. The number of hydrogen-bond acceptors (Lipinski definition) is 7. The molecule has 0 amide bonds. The summed E-state index contributed by atoms with van der Waals surface area (Å²) in [6, 6.07) is 3.98. The monoisotopic (exact) mass is 486 g/mol. The number of ether oxygens (including phenoxy) is 1. The maximum Gasteiger partial charge on any atom is 0.400 e. The van der Waals surface area contributed by atoms with Crippen LogP contribution < -0.4 is 0 Å². The van der Waals surface area contributed by atoms with E-state index < -0.39 is 11.4 Å². The summed E-state index contributed by atoms with van der Waals surface area (Å²) in [6.45, 7) is 2.19. The number of hydrogen-bond donors (Lipinski definition) is 0. The minimum Gasteiger partial charge on any atom is -0.377 e. The van der Waals surface area contributed by atoms with Gasteiger partial charge in [0.2, 0.25) is 0 Å². The zero-order valence-electron chi connectivity index (χ0n) is 16.7. The van der Waals surface area contributed by atoms with Crippen LogP contribution in [0.4, 0.5) is 13.2 Å². The van der Waals surface area contributed by atoms with Gasteiger partial charge in [-0.1, -0.05) is 0 Å². The van der Waals surface area contributed by atoms with E-state index in [4.69, 9.17) is 4.74 Å². The minimum absolute atomic E-state index is 0.00638. The van der Waals surface area contributed by atoms with Crippen molar-refractivity contribution in [2.45, 2.75) is 58.3 Å². The topological polar surface area (TPSA) is 73.9 Å². The van der Waals surface area contributed by atoms with E-state index in [1.807, 2.05) is 12.1 Å². The van der Waals surface area contributed by atoms with Gasteiger partial charge < -0.3 is 4.74 Å². The van der Waals surface area contributed by atoms with E-state index in [2.05, 4.69) is 0 Å². The van der Waals surface area contributed by atoms with Crippen LogP contribution in [0.1, 0.15) is 19.8 Å². The van der Waals surface area contributed by atoms with Gasteiger partial charge in [0.05, 0.1) is 18.0 Å². The van der Waals surface area contributed by atoms with Crippen molar-refractivity contribution in [2.75, 3.05) is 12.4 Å². The molecule has 0 aromatic heterocycles. The number of carbonyl (C=O) groups is 1. The molecule has 1 saturated carbocycles. The van der Waals surface area contributed by atoms with Crippen molar-refractivity contribution in [1.29, 1.82) is 10.5 Å². The number of allylic oxidation sites excluding steroid dienone is 2. The summed E-state index contributed by atoms with van der Waals surface area (Å²) in [5.74, 6) is 0.882. The molecule has 10 unspecified atom stereocenters. The maximum atomic E-state index is 13.5. The van der Waals surface area contributed by atoms with Gasteiger partial charge in [0, 0.05) is 21.7 Å². The van der Waals surface area contributed by atoms with Crippen LogP contribution in [0.15, 0.2) is 11.1 Å². The highest BCUT2D eigenvalue weighted by Crippen LogP contribution is 2.66. The van der Waals surface area contributed by atoms with Crippen LogP contribution in [-0.2, 0) is 9.53 Å². The van der Waals surface area contributed by atoms with Gasteiger partial charge in [0.1, 0.15) is 28.7 Å². The molecule has 0 aromatic carbocycles. The summed E-state index contributed by atoms with van der Waals surface area (Å²) in [5.41, 5.74) is 0.679. The predicted octanol–water partition coefficient (Wildman–Crippen LogP) is 4.22. The molecule has 0 spiro atoms. The normalized spacial score (nSPS) is 45.7. The number of fused-ring (bicyclic) bond motifs is 4. The average Bonchev–Trinajstić information content (AvgIpc) is 3.47. The van der Waals surface area contributed by atoms with E-state index in [1.165, 1.54) is 0 Å². The fourth-order valence-corrected chi connectivity index (χ4v) is 11.8. The van der Waals surface area contributed by atoms with Crippen molar-refractivity contribution in [3.63, 3.8) is 0 Å². The van der Waals surface area contributed by atoms with Crippen molar-refractivity contribution in [2.24, 2.45) is 23.7 Å². The molecular formula is C21H21F3N2O2S3. The summed E-state index contributed by atoms with van der Waals surface area (Å²) >= 11 is 4.38. The second-order valence-corrected chi connectivity index (χ2v) is 13.0. The van der Waals surface area contributed by atoms with E-state index in [0.717, 1.165) is 17.5 Å². The standard InChI is InChI=1S/C21H21F3N2O2S3/c1-8(27)14-3-13-18(30-14)11(6-28-13)12-7-29-20-17(12)16(9(4-25)5-26)10-2-15(21(22,23)24)31-19(10)20/h10-15,17-20H,2-3,6-7H2,1H3. The lowest BCUT2D eigenvalue weighted by molar-refractivity contribution is -0.129. The molecule has 0 bridgehead atoms. The minimum atomic E-state index is -4.27. The van der Waals surface area contributed by atoms with Crippen LogP contribution >= 0.6 is 35.3 Å². The first-order chi connectivity index (χ1) is 14.7. The molecule has 4 nitrogen and oxygen atoms in total. The number of alkyl halides is 3. The SMILES string of the molecule is CC(=O)C1CC2OCC(C3CSC4C5SC(C(F)(F)F)CC5C(=C(C#N)C#N)C34)C2S1. The first-order valence-electron chi connectivity index (χ1n) is 10.4. The third kappa shape index (κ3) is 3.44. The Kier molecular flexibility index (Phi) is 5.61. The van der Waals surface area contributed by atoms with Crippen LogP contribution in [0.5, 0.6) is 0 Å². The van der Waals surface area contributed by atoms with Gasteiger partial charge in [0.15, 0.2) is 0 Å². The van der Waals surface area contributed by atoms with Gasteiger partial charge in [-0.05, 0) is 48.8 Å². The Morgan fingerprint density at radius 1 is 1.10 bits per heavy atom. The smallest absolute Gasteiger partial charge is 0.377 e. The summed E-state index contributed by atoms with van der Waals surface area (Å²) in [6.07, 6.45) is -3.56. The fourth-order valence-electron chi connectivity index (χ4n) is 6.23. The molecule has 4 aliphatic heterocycles. The molecule has 0 radical (unpaired) electrons. The van der Waals surface area contributed by atoms with Gasteiger partial charge in [-0.3, -0.25) is 4.79 Å². The van der Waals surface area contributed by atoms with Crippen LogP contribution in [0.25, 0.3) is 0 Å². The Hall–Kier alpha value is -0.810. The Balaban J connectivity index is 1.46. The maximum absolute atomic E-state index is 13.5. The second kappa shape index (κ2) is 7.90. The lowest BCUT2D eigenvalue weighted by Gasteiger charge is -2.30. The summed E-state index contributed by atoms with van der Waals surface area (Å²) in [5, 5.41) is 17.7. The van der Waals surface area contributed by atoms with E-state index in [0.29, 0.717) is 18.6 Å². The quantitative estimate of drug-likeness (QED) is 0.541. The number of halogens is 3. The molecule has 166 valence electrons. The summed E-state index contributed by atoms with van der Waals surface area (Å²) in [4.78, 5) is 11.9. The molecule has 10 heteroatoms. The number of rotatable bonds is 2. The molecule has 1 aliphatic carbocycles. The number of nitrogens with zero attached hydrogens (tertiary/aromatic N) is 2. The second-order valence-electron chi connectivity index (χ2n) is 8.99. The van der Waals surface area contributed by atoms with Crippen molar-refractivity contribution < 1.29 is 22.7 Å². The van der Waals surface area contributed by atoms with Gasteiger partial charge in [0.25, 0.3) is 0 Å². The number of ketones is 1. The summed E-state index contributed by atoms with van der Waals surface area (Å²) in [7, 11) is 0. The predicted molar refractivity (Wildman–Crippen MR) is 115 cm³/mol. The molecular weight excluding hydrogens is 465 g/mol. The van der Waals surface area contributed by atoms with E-state index in [1.54, 1.807) is 30.4 Å². The van der Waals surface area contributed by atoms with Crippen molar-refractivity contribution in [3.05, 3.63) is 11.1 Å². The number of Topliss-reactive ketones (excluding diaryl/α,β-unsaturated/α-hetero) is 1. The van der Waals surface area contributed by atoms with Crippen LogP contribution in [0, 0.1) is 46.3 Å². The van der Waals surface area contributed by atoms with Crippen LogP contribution in [0.2, 0.25) is 0 Å². The van der Waals surface area contributed by atoms with Gasteiger partial charge in [-0.15, -0.1) is 23.5 Å². The molecule has 10 atom stereocenters. The molecule has 5 aliphatic rings. The number of nitriles is 2. The first-order valence-corrected chi connectivity index (χ1v) is 13.3. The lowest BCUT2D eigenvalue weighted by Crippen LogP contribution is -2.33. The van der Waals surface area contributed by atoms with Crippen molar-refractivity contribution in [1.82, 2.24) is 0 Å². The zero-order valence-corrected chi connectivity index (χ0v) is 19.1. The molecule has 5 fully saturated rings. The largest absolute Gasteiger partial charge is 0.400 e. The fraction of sp³-hybridized carbons (Fsp3) is 0.762. The highest BCUT2D eigenvalue weighted by Gasteiger charge is 2.64. The van der Waals surface area contributed by atoms with Crippen molar-refractivity contribution >= 4 is 41.1 Å². The van der Waals surface area contributed by atoms with E-state index in [9.17, 15) is 28.5 Å². The molecule has 0 N–H and O–H groups in total. The van der Waals surface area contributed by atoms with Gasteiger partial charge in [-0.25, -0.2) is 0 Å². The Labute approximate surface area is 191 Å². The van der Waals surface area contributed by atoms with Gasteiger partial charge >= 0.3 is 6.18 Å². The molecule has 31 heavy (non-hydrogen) atoms. The Bertz CT molecular complexity index is 895. The molecule has 4 heterocycles. The van der Waals surface area contributed by atoms with Crippen molar-refractivity contribution in [3.8, 4) is 12.1 Å². The number of thioether (sulfide) groups is 3. The molecule has 5 rings (SSSR count). The van der Waals surface area contributed by atoms with Gasteiger partial charge in [-0.2, -0.15) is 35.5 Å². The zero-order chi connectivity index (χ0) is 22.1. The van der Waals surface area contributed by atoms with Crippen LogP contribution in [-0.4, -0.2) is 56.7 Å². The highest BCUT2D eigenvalue weighted by molar-refractivity contribution is 8.04. The third-order valence-corrected chi connectivity index (χ3v) is 12.8. The van der Waals surface area contributed by atoms with E-state index >= 15 is 0 Å².